The molecule has 1 aromatic heterocycles. The summed E-state index contributed by atoms with van der Waals surface area (Å²) in [6.07, 6.45) is -2.85. The Morgan fingerprint density at radius 1 is 1.43 bits per heavy atom. The van der Waals surface area contributed by atoms with Gasteiger partial charge in [-0.1, -0.05) is 0 Å². The smallest absolute Gasteiger partial charge is 0.406 e. The fourth-order valence-corrected chi connectivity index (χ4v) is 3.36. The molecule has 28 heavy (non-hydrogen) atoms. The van der Waals surface area contributed by atoms with Gasteiger partial charge < -0.3 is 15.2 Å². The average molecular weight is 399 g/mol. The summed E-state index contributed by atoms with van der Waals surface area (Å²) >= 11 is 0. The predicted molar refractivity (Wildman–Crippen MR) is 94.1 cm³/mol. The lowest BCUT2D eigenvalue weighted by Crippen LogP contribution is -2.46. The largest absolute Gasteiger partial charge is 0.573 e. The van der Waals surface area contributed by atoms with Crippen LogP contribution in [0.2, 0.25) is 0 Å². The third-order valence-corrected chi connectivity index (χ3v) is 4.67. The van der Waals surface area contributed by atoms with Crippen LogP contribution in [0.1, 0.15) is 24.8 Å². The number of piperidine rings is 1. The van der Waals surface area contributed by atoms with Gasteiger partial charge in [0.1, 0.15) is 5.75 Å². The number of ether oxygens (including phenoxy) is 1. The lowest BCUT2D eigenvalue weighted by Gasteiger charge is -2.28. The number of rotatable bonds is 5. The highest BCUT2D eigenvalue weighted by Gasteiger charge is 2.31. The fraction of sp³-hybridized carbons (Fsp3) is 0.500. The Morgan fingerprint density at radius 2 is 2.18 bits per heavy atom. The monoisotopic (exact) mass is 399 g/mol. The minimum Gasteiger partial charge on any atom is -0.406 e. The number of carbonyl (C=O) groups is 1. The molecule has 3 rings (SSSR count). The molecular weight excluding hydrogens is 379 g/mol. The highest BCUT2D eigenvalue weighted by atomic mass is 19.4. The fourth-order valence-electron chi connectivity index (χ4n) is 3.36. The van der Waals surface area contributed by atoms with E-state index in [4.69, 9.17) is 0 Å². The van der Waals surface area contributed by atoms with E-state index in [0.717, 1.165) is 23.1 Å². The van der Waals surface area contributed by atoms with E-state index in [9.17, 15) is 27.9 Å². The molecule has 0 radical (unpaired) electrons. The molecule has 152 valence electrons. The Morgan fingerprint density at radius 3 is 2.86 bits per heavy atom. The van der Waals surface area contributed by atoms with E-state index in [-0.39, 0.29) is 35.7 Å². The molecule has 0 saturated carbocycles. The third-order valence-electron chi connectivity index (χ3n) is 4.67. The van der Waals surface area contributed by atoms with Gasteiger partial charge in [-0.2, -0.15) is 0 Å². The van der Waals surface area contributed by atoms with E-state index in [1.54, 1.807) is 0 Å². The second-order valence-corrected chi connectivity index (χ2v) is 6.87. The average Bonchev–Trinajstić information content (AvgIpc) is 2.58. The van der Waals surface area contributed by atoms with E-state index >= 15 is 0 Å². The predicted octanol–water partition coefficient (Wildman–Crippen LogP) is 1.68. The van der Waals surface area contributed by atoms with Gasteiger partial charge in [-0.25, -0.2) is 4.98 Å². The van der Waals surface area contributed by atoms with Crippen LogP contribution < -0.4 is 15.6 Å². The van der Waals surface area contributed by atoms with Crippen molar-refractivity contribution in [3.05, 3.63) is 34.4 Å². The lowest BCUT2D eigenvalue weighted by atomic mass is 9.97. The normalized spacial score (nSPS) is 20.3. The number of Topliss-reactive ketones (excluding diaryl/α,β-unsaturated/α-hetero) is 1. The molecule has 1 fully saturated rings. The zero-order valence-corrected chi connectivity index (χ0v) is 15.1. The first-order valence-electron chi connectivity index (χ1n) is 8.83. The summed E-state index contributed by atoms with van der Waals surface area (Å²) in [5.41, 5.74) is -0.0410. The van der Waals surface area contributed by atoms with Crippen molar-refractivity contribution in [3.8, 4) is 5.75 Å². The molecule has 2 N–H and O–H groups in total. The summed E-state index contributed by atoms with van der Waals surface area (Å²) in [7, 11) is 0. The number of halogens is 3. The van der Waals surface area contributed by atoms with Gasteiger partial charge in [0.2, 0.25) is 0 Å². The van der Waals surface area contributed by atoms with Gasteiger partial charge in [-0.15, -0.1) is 13.2 Å². The molecule has 1 saturated heterocycles. The van der Waals surface area contributed by atoms with Crippen LogP contribution in [-0.2, 0) is 11.3 Å². The Bertz CT molecular complexity index is 942. The number of aliphatic hydroxyl groups excluding tert-OH is 1. The Kier molecular flexibility index (Phi) is 5.71. The SMILES string of the molecule is Cc1cc(OC(F)(F)F)cc2c(=O)n(CC(=O)C[C@H]3NCCC[C@@H]3O)cnc12. The Balaban J connectivity index is 1.84. The van der Waals surface area contributed by atoms with Gasteiger partial charge in [-0.05, 0) is 44.0 Å². The van der Waals surface area contributed by atoms with Crippen molar-refractivity contribution in [3.63, 3.8) is 0 Å². The number of hydrogen-bond acceptors (Lipinski definition) is 6. The minimum atomic E-state index is -4.88. The zero-order chi connectivity index (χ0) is 20.5. The van der Waals surface area contributed by atoms with Crippen LogP contribution in [0.15, 0.2) is 23.3 Å². The molecule has 1 aromatic carbocycles. The number of aliphatic hydroxyl groups is 1. The third kappa shape index (κ3) is 4.68. The van der Waals surface area contributed by atoms with Crippen LogP contribution in [0.3, 0.4) is 0 Å². The topological polar surface area (TPSA) is 93.5 Å². The first kappa shape index (κ1) is 20.3. The number of ketones is 1. The molecule has 2 atom stereocenters. The second-order valence-electron chi connectivity index (χ2n) is 6.87. The molecule has 2 aromatic rings. The van der Waals surface area contributed by atoms with Gasteiger partial charge in [-0.3, -0.25) is 14.2 Å². The standard InChI is InChI=1S/C18H20F3N3O4/c1-10-5-12(28-18(19,20)21)7-13-16(10)23-9-24(17(13)27)8-11(25)6-14-15(26)3-2-4-22-14/h5,7,9,14-15,22,26H,2-4,6,8H2,1H3/t14-,15+/m1/s1. The van der Waals surface area contributed by atoms with Gasteiger partial charge in [0, 0.05) is 12.5 Å². The van der Waals surface area contributed by atoms with Crippen molar-refractivity contribution >= 4 is 16.7 Å². The summed E-state index contributed by atoms with van der Waals surface area (Å²) in [5, 5.41) is 12.9. The van der Waals surface area contributed by atoms with E-state index in [2.05, 4.69) is 15.0 Å². The highest BCUT2D eigenvalue weighted by molar-refractivity contribution is 5.83. The molecule has 0 spiro atoms. The van der Waals surface area contributed by atoms with Gasteiger partial charge >= 0.3 is 6.36 Å². The zero-order valence-electron chi connectivity index (χ0n) is 15.1. The molecule has 0 aliphatic carbocycles. The summed E-state index contributed by atoms with van der Waals surface area (Å²) < 4.78 is 42.4. The van der Waals surface area contributed by atoms with Crippen molar-refractivity contribution in [2.24, 2.45) is 0 Å². The van der Waals surface area contributed by atoms with Crippen molar-refractivity contribution in [2.75, 3.05) is 6.54 Å². The van der Waals surface area contributed by atoms with E-state index in [1.807, 2.05) is 0 Å². The number of benzene rings is 1. The van der Waals surface area contributed by atoms with E-state index in [1.165, 1.54) is 13.3 Å². The van der Waals surface area contributed by atoms with E-state index in [0.29, 0.717) is 18.5 Å². The maximum Gasteiger partial charge on any atom is 0.573 e. The number of fused-ring (bicyclic) bond motifs is 1. The summed E-state index contributed by atoms with van der Waals surface area (Å²) in [6, 6.07) is 1.74. The molecule has 10 heteroatoms. The maximum atomic E-state index is 12.7. The van der Waals surface area contributed by atoms with Gasteiger partial charge in [0.25, 0.3) is 5.56 Å². The van der Waals surface area contributed by atoms with Gasteiger partial charge in [0.05, 0.1) is 29.9 Å². The van der Waals surface area contributed by atoms with Crippen molar-refractivity contribution in [1.29, 1.82) is 0 Å². The molecule has 1 aliphatic rings. The van der Waals surface area contributed by atoms with E-state index < -0.39 is 23.8 Å². The Hall–Kier alpha value is -2.46. The summed E-state index contributed by atoms with van der Waals surface area (Å²) in [6.45, 7) is 1.94. The number of aromatic nitrogens is 2. The molecular formula is C18H20F3N3O4. The van der Waals surface area contributed by atoms with Crippen LogP contribution in [0.4, 0.5) is 13.2 Å². The second kappa shape index (κ2) is 7.88. The molecule has 0 amide bonds. The number of nitrogens with zero attached hydrogens (tertiary/aromatic N) is 2. The first-order valence-corrected chi connectivity index (χ1v) is 8.83. The summed E-state index contributed by atoms with van der Waals surface area (Å²) in [4.78, 5) is 29.1. The van der Waals surface area contributed by atoms with Gasteiger partial charge in [0.15, 0.2) is 5.78 Å². The van der Waals surface area contributed by atoms with Crippen LogP contribution in [0.25, 0.3) is 10.9 Å². The Labute approximate surface area is 158 Å². The molecule has 7 nitrogen and oxygen atoms in total. The number of aryl methyl sites for hydroxylation is 1. The molecule has 1 aliphatic heterocycles. The number of carbonyl (C=O) groups excluding carboxylic acids is 1. The quantitative estimate of drug-likeness (QED) is 0.795. The molecule has 0 bridgehead atoms. The van der Waals surface area contributed by atoms with Crippen molar-refractivity contribution < 1.29 is 27.8 Å². The molecule has 0 unspecified atom stereocenters. The molecule has 2 heterocycles. The van der Waals surface area contributed by atoms with Crippen LogP contribution >= 0.6 is 0 Å². The van der Waals surface area contributed by atoms with Crippen LogP contribution in [-0.4, -0.2) is 45.5 Å². The van der Waals surface area contributed by atoms with Crippen molar-refractivity contribution in [1.82, 2.24) is 14.9 Å². The van der Waals surface area contributed by atoms with Crippen LogP contribution in [0, 0.1) is 6.92 Å². The minimum absolute atomic E-state index is 0.0435. The summed E-state index contributed by atoms with van der Waals surface area (Å²) in [5.74, 6) is -0.809. The van der Waals surface area contributed by atoms with Crippen LogP contribution in [0.5, 0.6) is 5.75 Å². The maximum absolute atomic E-state index is 12.7. The lowest BCUT2D eigenvalue weighted by molar-refractivity contribution is -0.274. The number of alkyl halides is 3. The number of hydrogen-bond donors (Lipinski definition) is 2. The first-order chi connectivity index (χ1) is 13.1. The van der Waals surface area contributed by atoms with Crippen molar-refractivity contribution in [2.45, 2.75) is 51.2 Å². The number of nitrogens with one attached hydrogen (secondary N) is 1. The highest BCUT2D eigenvalue weighted by Crippen LogP contribution is 2.27.